The number of carbonyl (C=O) groups is 1. The van der Waals surface area contributed by atoms with Crippen molar-refractivity contribution < 1.29 is 9.53 Å². The quantitative estimate of drug-likeness (QED) is 0.673. The maximum absolute atomic E-state index is 12.1. The molecule has 1 atom stereocenters. The second kappa shape index (κ2) is 9.73. The predicted molar refractivity (Wildman–Crippen MR) is 107 cm³/mol. The highest BCUT2D eigenvalue weighted by molar-refractivity contribution is 7.98. The SMILES string of the molecule is Cc1ccc(O[C@H](C)C(=O)NCCSCc2cccc(Cl)c2)cc1C. The molecule has 25 heavy (non-hydrogen) atoms. The number of thioether (sulfide) groups is 1. The van der Waals surface area contributed by atoms with Crippen molar-refractivity contribution in [3.63, 3.8) is 0 Å². The fourth-order valence-corrected chi connectivity index (χ4v) is 3.27. The van der Waals surface area contributed by atoms with E-state index < -0.39 is 6.10 Å². The summed E-state index contributed by atoms with van der Waals surface area (Å²) in [7, 11) is 0. The summed E-state index contributed by atoms with van der Waals surface area (Å²) in [5, 5.41) is 3.67. The molecule has 0 saturated heterocycles. The van der Waals surface area contributed by atoms with E-state index >= 15 is 0 Å². The highest BCUT2D eigenvalue weighted by Gasteiger charge is 2.14. The summed E-state index contributed by atoms with van der Waals surface area (Å²) in [5.74, 6) is 2.35. The summed E-state index contributed by atoms with van der Waals surface area (Å²) in [6.45, 7) is 6.47. The van der Waals surface area contributed by atoms with E-state index in [1.165, 1.54) is 11.1 Å². The first-order valence-electron chi connectivity index (χ1n) is 8.29. The summed E-state index contributed by atoms with van der Waals surface area (Å²) in [4.78, 5) is 12.1. The molecule has 3 nitrogen and oxygen atoms in total. The standard InChI is InChI=1S/C20H24ClNO2S/c1-14-7-8-19(11-15(14)2)24-16(3)20(23)22-9-10-25-13-17-5-4-6-18(21)12-17/h4-8,11-12,16H,9-10,13H2,1-3H3,(H,22,23)/t16-/m1/s1. The summed E-state index contributed by atoms with van der Waals surface area (Å²) >= 11 is 7.73. The lowest BCUT2D eigenvalue weighted by atomic mass is 10.1. The molecule has 1 amide bonds. The lowest BCUT2D eigenvalue weighted by molar-refractivity contribution is -0.127. The van der Waals surface area contributed by atoms with Gasteiger partial charge in [0.15, 0.2) is 6.10 Å². The minimum Gasteiger partial charge on any atom is -0.481 e. The first kappa shape index (κ1) is 19.7. The van der Waals surface area contributed by atoms with Crippen molar-refractivity contribution in [2.24, 2.45) is 0 Å². The molecule has 5 heteroatoms. The van der Waals surface area contributed by atoms with Crippen LogP contribution in [0.15, 0.2) is 42.5 Å². The molecular weight excluding hydrogens is 354 g/mol. The Morgan fingerprint density at radius 2 is 2.00 bits per heavy atom. The van der Waals surface area contributed by atoms with Gasteiger partial charge in [0.05, 0.1) is 0 Å². The number of hydrogen-bond acceptors (Lipinski definition) is 3. The molecule has 0 heterocycles. The van der Waals surface area contributed by atoms with E-state index in [1.54, 1.807) is 18.7 Å². The third kappa shape index (κ3) is 6.63. The first-order valence-corrected chi connectivity index (χ1v) is 9.83. The van der Waals surface area contributed by atoms with E-state index in [2.05, 4.69) is 18.3 Å². The van der Waals surface area contributed by atoms with Crippen LogP contribution < -0.4 is 10.1 Å². The molecule has 0 fully saturated rings. The largest absolute Gasteiger partial charge is 0.481 e. The number of halogens is 1. The molecule has 0 radical (unpaired) electrons. The zero-order chi connectivity index (χ0) is 18.2. The minimum absolute atomic E-state index is 0.0958. The number of rotatable bonds is 8. The maximum Gasteiger partial charge on any atom is 0.260 e. The number of hydrogen-bond donors (Lipinski definition) is 1. The lowest BCUT2D eigenvalue weighted by Gasteiger charge is -2.15. The Kier molecular flexibility index (Phi) is 7.66. The van der Waals surface area contributed by atoms with Gasteiger partial charge in [-0.25, -0.2) is 0 Å². The Labute approximate surface area is 159 Å². The van der Waals surface area contributed by atoms with Crippen LogP contribution in [0.5, 0.6) is 5.75 Å². The van der Waals surface area contributed by atoms with E-state index in [4.69, 9.17) is 16.3 Å². The van der Waals surface area contributed by atoms with Crippen LogP contribution in [0.2, 0.25) is 5.02 Å². The number of amides is 1. The van der Waals surface area contributed by atoms with Crippen molar-refractivity contribution in [3.8, 4) is 5.75 Å². The van der Waals surface area contributed by atoms with E-state index in [-0.39, 0.29) is 5.91 Å². The summed E-state index contributed by atoms with van der Waals surface area (Å²) in [5.41, 5.74) is 3.55. The molecule has 2 aromatic rings. The fourth-order valence-electron chi connectivity index (χ4n) is 2.25. The molecule has 0 bridgehead atoms. The summed E-state index contributed by atoms with van der Waals surface area (Å²) < 4.78 is 5.72. The van der Waals surface area contributed by atoms with Crippen LogP contribution in [0, 0.1) is 13.8 Å². The van der Waals surface area contributed by atoms with Crippen LogP contribution in [0.3, 0.4) is 0 Å². The van der Waals surface area contributed by atoms with Gasteiger partial charge in [-0.05, 0) is 61.7 Å². The Hall–Kier alpha value is -1.65. The molecule has 1 N–H and O–H groups in total. The van der Waals surface area contributed by atoms with Crippen LogP contribution in [0.1, 0.15) is 23.6 Å². The monoisotopic (exact) mass is 377 g/mol. The smallest absolute Gasteiger partial charge is 0.260 e. The number of ether oxygens (including phenoxy) is 1. The Morgan fingerprint density at radius 1 is 1.20 bits per heavy atom. The summed E-state index contributed by atoms with van der Waals surface area (Å²) in [6, 6.07) is 13.7. The lowest BCUT2D eigenvalue weighted by Crippen LogP contribution is -2.37. The zero-order valence-corrected chi connectivity index (χ0v) is 16.4. The normalized spacial score (nSPS) is 11.8. The minimum atomic E-state index is -0.514. The van der Waals surface area contributed by atoms with E-state index in [0.717, 1.165) is 27.8 Å². The van der Waals surface area contributed by atoms with Gasteiger partial charge in [-0.3, -0.25) is 4.79 Å². The molecule has 0 aliphatic heterocycles. The molecule has 134 valence electrons. The first-order chi connectivity index (χ1) is 12.0. The average Bonchev–Trinajstić information content (AvgIpc) is 2.57. The van der Waals surface area contributed by atoms with Gasteiger partial charge in [-0.2, -0.15) is 11.8 Å². The van der Waals surface area contributed by atoms with Gasteiger partial charge < -0.3 is 10.1 Å². The van der Waals surface area contributed by atoms with Gasteiger partial charge in [0, 0.05) is 23.1 Å². The Bertz CT molecular complexity index is 721. The van der Waals surface area contributed by atoms with Gasteiger partial charge in [-0.1, -0.05) is 29.8 Å². The third-order valence-electron chi connectivity index (χ3n) is 3.86. The maximum atomic E-state index is 12.1. The average molecular weight is 378 g/mol. The second-order valence-corrected chi connectivity index (χ2v) is 7.52. The zero-order valence-electron chi connectivity index (χ0n) is 14.8. The molecule has 2 rings (SSSR count). The topological polar surface area (TPSA) is 38.3 Å². The molecule has 0 aromatic heterocycles. The van der Waals surface area contributed by atoms with Gasteiger partial charge in [-0.15, -0.1) is 0 Å². The van der Waals surface area contributed by atoms with Crippen molar-refractivity contribution in [1.82, 2.24) is 5.32 Å². The van der Waals surface area contributed by atoms with Crippen molar-refractivity contribution in [3.05, 3.63) is 64.2 Å². The highest BCUT2D eigenvalue weighted by Crippen LogP contribution is 2.18. The van der Waals surface area contributed by atoms with Crippen molar-refractivity contribution in [2.75, 3.05) is 12.3 Å². The van der Waals surface area contributed by atoms with Crippen LogP contribution in [-0.4, -0.2) is 24.3 Å². The molecule has 0 unspecified atom stereocenters. The molecule has 2 aromatic carbocycles. The fraction of sp³-hybridized carbons (Fsp3) is 0.350. The highest BCUT2D eigenvalue weighted by atomic mass is 35.5. The number of benzene rings is 2. The predicted octanol–water partition coefficient (Wildman–Crippen LogP) is 4.77. The molecule has 0 aliphatic carbocycles. The van der Waals surface area contributed by atoms with Crippen LogP contribution in [0.4, 0.5) is 0 Å². The van der Waals surface area contributed by atoms with Crippen LogP contribution in [-0.2, 0) is 10.5 Å². The Morgan fingerprint density at radius 3 is 2.72 bits per heavy atom. The number of carbonyl (C=O) groups excluding carboxylic acids is 1. The molecule has 0 saturated carbocycles. The number of aryl methyl sites for hydroxylation is 2. The molecule has 0 spiro atoms. The van der Waals surface area contributed by atoms with E-state index in [1.807, 2.05) is 43.3 Å². The molecule has 0 aliphatic rings. The third-order valence-corrected chi connectivity index (χ3v) is 5.13. The van der Waals surface area contributed by atoms with Crippen LogP contribution in [0.25, 0.3) is 0 Å². The van der Waals surface area contributed by atoms with Crippen molar-refractivity contribution >= 4 is 29.3 Å². The van der Waals surface area contributed by atoms with Gasteiger partial charge in [0.25, 0.3) is 5.91 Å². The van der Waals surface area contributed by atoms with Gasteiger partial charge in [0.1, 0.15) is 5.75 Å². The van der Waals surface area contributed by atoms with Crippen molar-refractivity contribution in [1.29, 1.82) is 0 Å². The Balaban J connectivity index is 1.68. The summed E-state index contributed by atoms with van der Waals surface area (Å²) in [6.07, 6.45) is -0.514. The van der Waals surface area contributed by atoms with Gasteiger partial charge >= 0.3 is 0 Å². The second-order valence-electron chi connectivity index (χ2n) is 5.98. The van der Waals surface area contributed by atoms with E-state index in [0.29, 0.717) is 6.54 Å². The number of nitrogens with one attached hydrogen (secondary N) is 1. The van der Waals surface area contributed by atoms with Gasteiger partial charge in [0.2, 0.25) is 0 Å². The van der Waals surface area contributed by atoms with Crippen molar-refractivity contribution in [2.45, 2.75) is 32.6 Å². The molecular formula is C20H24ClNO2S. The van der Waals surface area contributed by atoms with E-state index in [9.17, 15) is 4.79 Å². The van der Waals surface area contributed by atoms with Crippen LogP contribution >= 0.6 is 23.4 Å².